The topological polar surface area (TPSA) is 63.3 Å². The number of aromatic nitrogens is 2. The van der Waals surface area contributed by atoms with Crippen LogP contribution in [0.15, 0.2) is 41.1 Å². The van der Waals surface area contributed by atoms with Gasteiger partial charge in [-0.05, 0) is 45.3 Å². The molecular formula is C17H20N4O2. The van der Waals surface area contributed by atoms with Crippen molar-refractivity contribution >= 4 is 22.6 Å². The molecule has 0 saturated heterocycles. The number of carbonyl (C=O) groups excluding carboxylic acids is 1. The molecule has 2 heterocycles. The molecule has 0 spiro atoms. The van der Waals surface area contributed by atoms with Crippen LogP contribution in [0, 0.1) is 6.92 Å². The average Bonchev–Trinajstić information content (AvgIpc) is 3.11. The van der Waals surface area contributed by atoms with E-state index in [1.807, 2.05) is 50.0 Å². The van der Waals surface area contributed by atoms with E-state index >= 15 is 0 Å². The maximum absolute atomic E-state index is 12.5. The van der Waals surface area contributed by atoms with Crippen LogP contribution in [0.2, 0.25) is 0 Å². The molecule has 0 aliphatic rings. The zero-order valence-electron chi connectivity index (χ0n) is 13.5. The van der Waals surface area contributed by atoms with Gasteiger partial charge in [-0.2, -0.15) is 5.10 Å². The summed E-state index contributed by atoms with van der Waals surface area (Å²) in [4.78, 5) is 14.5. The Morgan fingerprint density at radius 2 is 2.17 bits per heavy atom. The molecule has 2 aromatic heterocycles. The Morgan fingerprint density at radius 3 is 2.96 bits per heavy atom. The number of hydrogen-bond acceptors (Lipinski definition) is 4. The van der Waals surface area contributed by atoms with E-state index < -0.39 is 0 Å². The second-order valence-corrected chi connectivity index (χ2v) is 5.80. The predicted molar refractivity (Wildman–Crippen MR) is 89.7 cm³/mol. The largest absolute Gasteiger partial charge is 0.464 e. The van der Waals surface area contributed by atoms with Crippen molar-refractivity contribution in [1.82, 2.24) is 14.7 Å². The number of rotatable bonds is 5. The van der Waals surface area contributed by atoms with Crippen molar-refractivity contribution in [2.75, 3.05) is 26.0 Å². The lowest BCUT2D eigenvalue weighted by Crippen LogP contribution is -2.20. The molecule has 3 aromatic rings. The predicted octanol–water partition coefficient (Wildman–Crippen LogP) is 2.75. The van der Waals surface area contributed by atoms with Gasteiger partial charge in [0.1, 0.15) is 5.58 Å². The fraction of sp³-hybridized carbons (Fsp3) is 0.294. The first-order valence-corrected chi connectivity index (χ1v) is 7.50. The van der Waals surface area contributed by atoms with Crippen LogP contribution in [0.1, 0.15) is 16.1 Å². The van der Waals surface area contributed by atoms with E-state index in [1.54, 1.807) is 12.5 Å². The first kappa shape index (κ1) is 15.3. The number of likely N-dealkylation sites (N-methyl/N-ethyl adjacent to an activating group) is 1. The molecule has 1 aromatic carbocycles. The minimum Gasteiger partial charge on any atom is -0.464 e. The van der Waals surface area contributed by atoms with Gasteiger partial charge in [0.05, 0.1) is 24.6 Å². The zero-order valence-corrected chi connectivity index (χ0v) is 13.5. The summed E-state index contributed by atoms with van der Waals surface area (Å²) >= 11 is 0. The van der Waals surface area contributed by atoms with E-state index in [1.165, 1.54) is 0 Å². The van der Waals surface area contributed by atoms with Gasteiger partial charge in [0, 0.05) is 23.3 Å². The van der Waals surface area contributed by atoms with Gasteiger partial charge in [0.15, 0.2) is 0 Å². The normalized spacial score (nSPS) is 11.3. The molecule has 0 aliphatic heterocycles. The van der Waals surface area contributed by atoms with Crippen molar-refractivity contribution in [1.29, 1.82) is 0 Å². The Hall–Kier alpha value is -2.60. The van der Waals surface area contributed by atoms with Gasteiger partial charge in [0.2, 0.25) is 0 Å². The number of carbonyl (C=O) groups is 1. The van der Waals surface area contributed by atoms with Crippen molar-refractivity contribution < 1.29 is 9.21 Å². The van der Waals surface area contributed by atoms with Crippen LogP contribution in [0.3, 0.4) is 0 Å². The smallest absolute Gasteiger partial charge is 0.259 e. The summed E-state index contributed by atoms with van der Waals surface area (Å²) in [5, 5.41) is 8.18. The summed E-state index contributed by atoms with van der Waals surface area (Å²) in [5.41, 5.74) is 3.00. The van der Waals surface area contributed by atoms with Gasteiger partial charge in [-0.25, -0.2) is 0 Å². The Bertz CT molecular complexity index is 832. The van der Waals surface area contributed by atoms with Crippen molar-refractivity contribution in [2.45, 2.75) is 13.5 Å². The van der Waals surface area contributed by atoms with E-state index in [4.69, 9.17) is 4.42 Å². The zero-order chi connectivity index (χ0) is 16.4. The van der Waals surface area contributed by atoms with Gasteiger partial charge in [-0.1, -0.05) is 0 Å². The maximum Gasteiger partial charge on any atom is 0.259 e. The molecule has 0 aliphatic carbocycles. The molecule has 0 atom stereocenters. The number of fused-ring (bicyclic) bond motifs is 1. The summed E-state index contributed by atoms with van der Waals surface area (Å²) in [6.45, 7) is 3.55. The van der Waals surface area contributed by atoms with E-state index in [-0.39, 0.29) is 5.91 Å². The van der Waals surface area contributed by atoms with E-state index in [2.05, 4.69) is 15.3 Å². The number of benzene rings is 1. The Kier molecular flexibility index (Phi) is 4.16. The molecule has 1 N–H and O–H groups in total. The van der Waals surface area contributed by atoms with Crippen LogP contribution in [-0.4, -0.2) is 41.2 Å². The average molecular weight is 312 g/mol. The van der Waals surface area contributed by atoms with E-state index in [9.17, 15) is 4.79 Å². The molecule has 0 bridgehead atoms. The fourth-order valence-electron chi connectivity index (χ4n) is 2.43. The lowest BCUT2D eigenvalue weighted by atomic mass is 10.2. The van der Waals surface area contributed by atoms with E-state index in [0.29, 0.717) is 5.56 Å². The highest BCUT2D eigenvalue weighted by atomic mass is 16.3. The number of furan rings is 1. The summed E-state index contributed by atoms with van der Waals surface area (Å²) in [6, 6.07) is 7.44. The molecule has 6 heteroatoms. The summed E-state index contributed by atoms with van der Waals surface area (Å²) in [7, 11) is 4.02. The highest BCUT2D eigenvalue weighted by molar-refractivity contribution is 6.05. The third-order valence-corrected chi connectivity index (χ3v) is 3.82. The van der Waals surface area contributed by atoms with E-state index in [0.717, 1.165) is 35.4 Å². The van der Waals surface area contributed by atoms with Crippen molar-refractivity contribution in [3.05, 3.63) is 48.0 Å². The summed E-state index contributed by atoms with van der Waals surface area (Å²) in [5.74, 6) is -0.151. The monoisotopic (exact) mass is 312 g/mol. The van der Waals surface area contributed by atoms with Gasteiger partial charge >= 0.3 is 0 Å². The molecule has 0 unspecified atom stereocenters. The number of amides is 1. The molecule has 0 saturated carbocycles. The van der Waals surface area contributed by atoms with Gasteiger partial charge < -0.3 is 14.6 Å². The van der Waals surface area contributed by atoms with Gasteiger partial charge in [-0.3, -0.25) is 9.48 Å². The highest BCUT2D eigenvalue weighted by Crippen LogP contribution is 2.21. The lowest BCUT2D eigenvalue weighted by Gasteiger charge is -2.11. The number of nitrogens with zero attached hydrogens (tertiary/aromatic N) is 3. The first-order chi connectivity index (χ1) is 11.0. The van der Waals surface area contributed by atoms with Crippen LogP contribution in [0.25, 0.3) is 11.0 Å². The second-order valence-electron chi connectivity index (χ2n) is 5.80. The Morgan fingerprint density at radius 1 is 1.35 bits per heavy atom. The van der Waals surface area contributed by atoms with Crippen molar-refractivity contribution in [3.8, 4) is 0 Å². The van der Waals surface area contributed by atoms with Crippen LogP contribution >= 0.6 is 0 Å². The van der Waals surface area contributed by atoms with Crippen LogP contribution < -0.4 is 5.32 Å². The molecule has 0 fully saturated rings. The Balaban J connectivity index is 1.75. The van der Waals surface area contributed by atoms with Crippen LogP contribution in [0.5, 0.6) is 0 Å². The van der Waals surface area contributed by atoms with Crippen LogP contribution in [0.4, 0.5) is 5.69 Å². The molecule has 0 radical (unpaired) electrons. The molecule has 120 valence electrons. The first-order valence-electron chi connectivity index (χ1n) is 7.50. The Labute approximate surface area is 134 Å². The lowest BCUT2D eigenvalue weighted by molar-refractivity contribution is 0.102. The third-order valence-electron chi connectivity index (χ3n) is 3.82. The molecule has 6 nitrogen and oxygen atoms in total. The number of hydrogen-bond donors (Lipinski definition) is 1. The highest BCUT2D eigenvalue weighted by Gasteiger charge is 2.14. The fourth-order valence-corrected chi connectivity index (χ4v) is 2.43. The number of anilines is 1. The van der Waals surface area contributed by atoms with Crippen LogP contribution in [-0.2, 0) is 6.54 Å². The van der Waals surface area contributed by atoms with Crippen molar-refractivity contribution in [2.24, 2.45) is 0 Å². The standard InChI is InChI=1S/C17H20N4O2/c1-12-15(11-18-21(12)8-7-20(2)3)17(22)19-14-4-5-16-13(10-14)6-9-23-16/h4-6,9-11H,7-8H2,1-3H3,(H,19,22). The summed E-state index contributed by atoms with van der Waals surface area (Å²) in [6.07, 6.45) is 3.26. The van der Waals surface area contributed by atoms with Gasteiger partial charge in [0.25, 0.3) is 5.91 Å². The quantitative estimate of drug-likeness (QED) is 0.787. The molecule has 23 heavy (non-hydrogen) atoms. The van der Waals surface area contributed by atoms with Crippen molar-refractivity contribution in [3.63, 3.8) is 0 Å². The molecular weight excluding hydrogens is 292 g/mol. The second kappa shape index (κ2) is 6.26. The number of nitrogens with one attached hydrogen (secondary N) is 1. The maximum atomic E-state index is 12.5. The minimum absolute atomic E-state index is 0.151. The summed E-state index contributed by atoms with van der Waals surface area (Å²) < 4.78 is 7.16. The molecule has 3 rings (SSSR count). The minimum atomic E-state index is -0.151. The van der Waals surface area contributed by atoms with Gasteiger partial charge in [-0.15, -0.1) is 0 Å². The third kappa shape index (κ3) is 3.27. The molecule has 1 amide bonds. The SMILES string of the molecule is Cc1c(C(=O)Nc2ccc3occc3c2)cnn1CCN(C)C.